The van der Waals surface area contributed by atoms with Crippen LogP contribution in [0.2, 0.25) is 0 Å². The maximum Gasteiger partial charge on any atom is 0.222 e. The Bertz CT molecular complexity index is 1050. The Kier molecular flexibility index (Phi) is 8.87. The highest BCUT2D eigenvalue weighted by Gasteiger charge is 2.12. The van der Waals surface area contributed by atoms with Crippen LogP contribution in [-0.2, 0) is 17.6 Å². The number of benzene rings is 2. The lowest BCUT2D eigenvalue weighted by molar-refractivity contribution is -0.129. The number of halogens is 1. The molecule has 1 N–H and O–H groups in total. The van der Waals surface area contributed by atoms with Gasteiger partial charge < -0.3 is 14.4 Å². The standard InChI is InChI=1S/C26H32FN3O3/c1-30(26(31)14-11-20-17-23(32-2)12-13-25(20)33-3)15-6-4-5-10-22-18-24(29-28-22)19-8-7-9-21(27)16-19/h7-9,12-13,16-18H,4-6,10-11,14-15H2,1-3H3,(H,28,29). The molecule has 7 heteroatoms. The van der Waals surface area contributed by atoms with Gasteiger partial charge in [-0.25, -0.2) is 4.39 Å². The van der Waals surface area contributed by atoms with E-state index in [4.69, 9.17) is 9.47 Å². The van der Waals surface area contributed by atoms with Gasteiger partial charge in [-0.05, 0) is 67.6 Å². The summed E-state index contributed by atoms with van der Waals surface area (Å²) in [7, 11) is 5.11. The summed E-state index contributed by atoms with van der Waals surface area (Å²) < 4.78 is 24.1. The normalized spacial score (nSPS) is 10.8. The molecule has 176 valence electrons. The van der Waals surface area contributed by atoms with Crippen LogP contribution in [0, 0.1) is 5.82 Å². The molecule has 0 aliphatic rings. The molecular weight excluding hydrogens is 421 g/mol. The Morgan fingerprint density at radius 1 is 1.03 bits per heavy atom. The van der Waals surface area contributed by atoms with Crippen molar-refractivity contribution in [3.05, 3.63) is 65.6 Å². The Labute approximate surface area is 194 Å². The maximum atomic E-state index is 13.4. The van der Waals surface area contributed by atoms with E-state index in [-0.39, 0.29) is 11.7 Å². The van der Waals surface area contributed by atoms with Gasteiger partial charge in [-0.1, -0.05) is 18.6 Å². The smallest absolute Gasteiger partial charge is 0.222 e. The van der Waals surface area contributed by atoms with Crippen molar-refractivity contribution in [2.45, 2.75) is 38.5 Å². The molecule has 0 saturated carbocycles. The predicted octanol–water partition coefficient (Wildman–Crippen LogP) is 5.04. The minimum absolute atomic E-state index is 0.119. The average molecular weight is 454 g/mol. The molecule has 0 aliphatic carbocycles. The molecular formula is C26H32FN3O3. The van der Waals surface area contributed by atoms with E-state index in [2.05, 4.69) is 10.2 Å². The van der Waals surface area contributed by atoms with Crippen LogP contribution in [0.15, 0.2) is 48.5 Å². The number of ether oxygens (including phenoxy) is 2. The van der Waals surface area contributed by atoms with Gasteiger partial charge in [-0.15, -0.1) is 0 Å². The van der Waals surface area contributed by atoms with E-state index >= 15 is 0 Å². The van der Waals surface area contributed by atoms with E-state index in [9.17, 15) is 9.18 Å². The van der Waals surface area contributed by atoms with Gasteiger partial charge in [-0.2, -0.15) is 5.10 Å². The van der Waals surface area contributed by atoms with Crippen LogP contribution < -0.4 is 9.47 Å². The summed E-state index contributed by atoms with van der Waals surface area (Å²) in [5, 5.41) is 7.32. The third kappa shape index (κ3) is 7.07. The van der Waals surface area contributed by atoms with Crippen LogP contribution >= 0.6 is 0 Å². The molecule has 0 bridgehead atoms. The maximum absolute atomic E-state index is 13.4. The Morgan fingerprint density at radius 3 is 2.64 bits per heavy atom. The number of amides is 1. The molecule has 0 radical (unpaired) electrons. The molecule has 33 heavy (non-hydrogen) atoms. The summed E-state index contributed by atoms with van der Waals surface area (Å²) in [5.41, 5.74) is 3.52. The summed E-state index contributed by atoms with van der Waals surface area (Å²) in [4.78, 5) is 14.3. The van der Waals surface area contributed by atoms with Crippen LogP contribution in [0.4, 0.5) is 4.39 Å². The van der Waals surface area contributed by atoms with Gasteiger partial charge >= 0.3 is 0 Å². The molecule has 0 atom stereocenters. The zero-order valence-corrected chi connectivity index (χ0v) is 19.6. The van der Waals surface area contributed by atoms with E-state index in [1.807, 2.05) is 37.4 Å². The number of nitrogens with one attached hydrogen (secondary N) is 1. The first-order valence-electron chi connectivity index (χ1n) is 11.2. The van der Waals surface area contributed by atoms with Crippen LogP contribution in [0.5, 0.6) is 11.5 Å². The number of H-pyrrole nitrogens is 1. The number of methoxy groups -OCH3 is 2. The van der Waals surface area contributed by atoms with Crippen LogP contribution in [0.25, 0.3) is 11.3 Å². The van der Waals surface area contributed by atoms with E-state index in [0.717, 1.165) is 66.2 Å². The second kappa shape index (κ2) is 12.0. The summed E-state index contributed by atoms with van der Waals surface area (Å²) in [6.07, 6.45) is 4.85. The summed E-state index contributed by atoms with van der Waals surface area (Å²) in [6.45, 7) is 0.728. The van der Waals surface area contributed by atoms with Gasteiger partial charge in [0.05, 0.1) is 19.9 Å². The molecule has 3 aromatic rings. The Balaban J connectivity index is 1.37. The largest absolute Gasteiger partial charge is 0.497 e. The zero-order valence-electron chi connectivity index (χ0n) is 19.6. The highest BCUT2D eigenvalue weighted by Crippen LogP contribution is 2.25. The van der Waals surface area contributed by atoms with Crippen molar-refractivity contribution in [1.29, 1.82) is 0 Å². The molecule has 3 rings (SSSR count). The van der Waals surface area contributed by atoms with Gasteiger partial charge in [-0.3, -0.25) is 9.89 Å². The van der Waals surface area contributed by atoms with Gasteiger partial charge in [0.15, 0.2) is 0 Å². The number of aryl methyl sites for hydroxylation is 2. The van der Waals surface area contributed by atoms with E-state index in [0.29, 0.717) is 12.8 Å². The lowest BCUT2D eigenvalue weighted by Gasteiger charge is -2.17. The minimum Gasteiger partial charge on any atom is -0.497 e. The SMILES string of the molecule is COc1ccc(OC)c(CCC(=O)N(C)CCCCCc2cc(-c3cccc(F)c3)n[nH]2)c1. The number of rotatable bonds is 12. The Morgan fingerprint density at radius 2 is 1.88 bits per heavy atom. The molecule has 0 unspecified atom stereocenters. The molecule has 2 aromatic carbocycles. The van der Waals surface area contributed by atoms with Crippen LogP contribution in [-0.4, -0.2) is 48.8 Å². The van der Waals surface area contributed by atoms with Crippen molar-refractivity contribution in [3.63, 3.8) is 0 Å². The van der Waals surface area contributed by atoms with Crippen LogP contribution in [0.3, 0.4) is 0 Å². The number of aromatic amines is 1. The molecule has 0 fully saturated rings. The summed E-state index contributed by atoms with van der Waals surface area (Å²) in [6, 6.07) is 14.0. The molecule has 1 heterocycles. The first-order valence-corrected chi connectivity index (χ1v) is 11.2. The number of hydrogen-bond acceptors (Lipinski definition) is 4. The monoisotopic (exact) mass is 453 g/mol. The second-order valence-electron chi connectivity index (χ2n) is 8.09. The zero-order chi connectivity index (χ0) is 23.6. The lowest BCUT2D eigenvalue weighted by Crippen LogP contribution is -2.28. The number of unbranched alkanes of at least 4 members (excludes halogenated alkanes) is 2. The fraction of sp³-hybridized carbons (Fsp3) is 0.385. The van der Waals surface area contributed by atoms with Crippen molar-refractivity contribution in [1.82, 2.24) is 15.1 Å². The number of hydrogen-bond donors (Lipinski definition) is 1. The first-order chi connectivity index (χ1) is 16.0. The third-order valence-corrected chi connectivity index (χ3v) is 5.71. The second-order valence-corrected chi connectivity index (χ2v) is 8.09. The highest BCUT2D eigenvalue weighted by molar-refractivity contribution is 5.76. The van der Waals surface area contributed by atoms with Crippen molar-refractivity contribution in [2.75, 3.05) is 27.8 Å². The lowest BCUT2D eigenvalue weighted by atomic mass is 10.1. The molecule has 0 spiro atoms. The minimum atomic E-state index is -0.265. The van der Waals surface area contributed by atoms with Crippen molar-refractivity contribution in [3.8, 4) is 22.8 Å². The number of nitrogens with zero attached hydrogens (tertiary/aromatic N) is 2. The number of aromatic nitrogens is 2. The van der Waals surface area contributed by atoms with Crippen molar-refractivity contribution < 1.29 is 18.7 Å². The molecule has 6 nitrogen and oxygen atoms in total. The number of carbonyl (C=O) groups is 1. The van der Waals surface area contributed by atoms with Gasteiger partial charge in [0.25, 0.3) is 0 Å². The first kappa shape index (κ1) is 24.3. The quantitative estimate of drug-likeness (QED) is 0.390. The topological polar surface area (TPSA) is 67.5 Å². The summed E-state index contributed by atoms with van der Waals surface area (Å²) in [5.74, 6) is 1.38. The molecule has 0 aliphatic heterocycles. The third-order valence-electron chi connectivity index (χ3n) is 5.71. The fourth-order valence-electron chi connectivity index (χ4n) is 3.76. The van der Waals surface area contributed by atoms with Gasteiger partial charge in [0.2, 0.25) is 5.91 Å². The van der Waals surface area contributed by atoms with Gasteiger partial charge in [0, 0.05) is 31.3 Å². The molecule has 1 aromatic heterocycles. The fourth-order valence-corrected chi connectivity index (χ4v) is 3.76. The highest BCUT2D eigenvalue weighted by atomic mass is 19.1. The molecule has 1 amide bonds. The van der Waals surface area contributed by atoms with Crippen molar-refractivity contribution in [2.24, 2.45) is 0 Å². The van der Waals surface area contributed by atoms with Crippen LogP contribution in [0.1, 0.15) is 36.9 Å². The predicted molar refractivity (Wildman–Crippen MR) is 127 cm³/mol. The van der Waals surface area contributed by atoms with Crippen molar-refractivity contribution >= 4 is 5.91 Å². The van der Waals surface area contributed by atoms with E-state index in [1.54, 1.807) is 25.2 Å². The summed E-state index contributed by atoms with van der Waals surface area (Å²) >= 11 is 0. The average Bonchev–Trinajstić information content (AvgIpc) is 3.31. The van der Waals surface area contributed by atoms with Gasteiger partial charge in [0.1, 0.15) is 17.3 Å². The molecule has 0 saturated heterocycles. The van der Waals surface area contributed by atoms with E-state index < -0.39 is 0 Å². The van der Waals surface area contributed by atoms with E-state index in [1.165, 1.54) is 12.1 Å². The number of carbonyl (C=O) groups excluding carboxylic acids is 1. The Hall–Kier alpha value is -3.35.